The van der Waals surface area contributed by atoms with Gasteiger partial charge < -0.3 is 10.4 Å². The molecule has 0 aliphatic heterocycles. The molecule has 4 nitrogen and oxygen atoms in total. The second-order valence-corrected chi connectivity index (χ2v) is 5.36. The number of nitrogens with one attached hydrogen (secondary N) is 1. The summed E-state index contributed by atoms with van der Waals surface area (Å²) in [6, 6.07) is 0. The van der Waals surface area contributed by atoms with E-state index in [1.807, 2.05) is 11.8 Å². The molecule has 2 N–H and O–H groups in total. The maximum absolute atomic E-state index is 11.6. The summed E-state index contributed by atoms with van der Waals surface area (Å²) in [4.78, 5) is 22.3. The molecule has 0 radical (unpaired) electrons. The van der Waals surface area contributed by atoms with E-state index in [9.17, 15) is 9.59 Å². The summed E-state index contributed by atoms with van der Waals surface area (Å²) in [5.74, 6) is 0.469. The van der Waals surface area contributed by atoms with Crippen LogP contribution < -0.4 is 5.32 Å². The Labute approximate surface area is 100 Å². The van der Waals surface area contributed by atoms with Crippen molar-refractivity contribution in [3.8, 4) is 0 Å². The Kier molecular flexibility index (Phi) is 5.66. The number of rotatable bonds is 7. The van der Waals surface area contributed by atoms with Crippen molar-refractivity contribution in [3.63, 3.8) is 0 Å². The van der Waals surface area contributed by atoms with Crippen LogP contribution in [0.15, 0.2) is 0 Å². The largest absolute Gasteiger partial charge is 0.481 e. The Morgan fingerprint density at radius 3 is 2.56 bits per heavy atom. The number of amides is 1. The predicted octanol–water partition coefficient (Wildman–Crippen LogP) is 1.36. The highest BCUT2D eigenvalue weighted by molar-refractivity contribution is 7.99. The number of carbonyl (C=O) groups excluding carboxylic acids is 1. The van der Waals surface area contributed by atoms with Gasteiger partial charge in [-0.3, -0.25) is 9.59 Å². The lowest BCUT2D eigenvalue weighted by Gasteiger charge is -2.31. The summed E-state index contributed by atoms with van der Waals surface area (Å²) in [5, 5.41) is 11.6. The number of hydrogen-bond acceptors (Lipinski definition) is 3. The molecule has 92 valence electrons. The summed E-state index contributed by atoms with van der Waals surface area (Å²) in [5.41, 5.74) is 0. The lowest BCUT2D eigenvalue weighted by molar-refractivity contribution is -0.152. The van der Waals surface area contributed by atoms with Crippen LogP contribution in [-0.2, 0) is 9.59 Å². The number of carboxylic acids is 1. The van der Waals surface area contributed by atoms with Crippen LogP contribution in [0.4, 0.5) is 0 Å². The van der Waals surface area contributed by atoms with Crippen molar-refractivity contribution >= 4 is 23.6 Å². The first-order chi connectivity index (χ1) is 7.66. The lowest BCUT2D eigenvalue weighted by atomic mass is 9.73. The maximum atomic E-state index is 11.6. The van der Waals surface area contributed by atoms with Gasteiger partial charge in [-0.1, -0.05) is 6.92 Å². The highest BCUT2D eigenvalue weighted by Gasteiger charge is 2.41. The van der Waals surface area contributed by atoms with E-state index in [0.717, 1.165) is 17.9 Å². The fraction of sp³-hybridized carbons (Fsp3) is 0.818. The van der Waals surface area contributed by atoms with Crippen LogP contribution in [0.1, 0.15) is 26.2 Å². The lowest BCUT2D eigenvalue weighted by Crippen LogP contribution is -2.44. The maximum Gasteiger partial charge on any atom is 0.307 e. The summed E-state index contributed by atoms with van der Waals surface area (Å²) in [7, 11) is 0. The summed E-state index contributed by atoms with van der Waals surface area (Å²) in [6.07, 6.45) is 2.31. The molecule has 1 saturated carbocycles. The summed E-state index contributed by atoms with van der Waals surface area (Å²) >= 11 is 1.85. The number of thioether (sulfide) groups is 1. The van der Waals surface area contributed by atoms with Crippen molar-refractivity contribution in [3.05, 3.63) is 0 Å². The minimum Gasteiger partial charge on any atom is -0.481 e. The van der Waals surface area contributed by atoms with Crippen molar-refractivity contribution < 1.29 is 14.7 Å². The molecule has 2 atom stereocenters. The molecular formula is C11H19NO3S. The van der Waals surface area contributed by atoms with E-state index in [2.05, 4.69) is 12.2 Å². The van der Waals surface area contributed by atoms with E-state index in [4.69, 9.17) is 5.11 Å². The van der Waals surface area contributed by atoms with Gasteiger partial charge in [-0.15, -0.1) is 0 Å². The molecule has 0 aromatic heterocycles. The van der Waals surface area contributed by atoms with Crippen molar-refractivity contribution in [2.45, 2.75) is 26.2 Å². The van der Waals surface area contributed by atoms with Crippen LogP contribution in [0.2, 0.25) is 0 Å². The van der Waals surface area contributed by atoms with Gasteiger partial charge in [-0.25, -0.2) is 0 Å². The van der Waals surface area contributed by atoms with Gasteiger partial charge in [0.1, 0.15) is 0 Å². The first-order valence-electron chi connectivity index (χ1n) is 5.75. The van der Waals surface area contributed by atoms with Gasteiger partial charge in [-0.05, 0) is 30.8 Å². The van der Waals surface area contributed by atoms with Crippen LogP contribution in [0.3, 0.4) is 0 Å². The minimum absolute atomic E-state index is 0.0832. The normalized spacial score (nSPS) is 23.6. The van der Waals surface area contributed by atoms with E-state index in [-0.39, 0.29) is 11.8 Å². The van der Waals surface area contributed by atoms with E-state index in [1.165, 1.54) is 0 Å². The Bertz CT molecular complexity index is 258. The standard InChI is InChI=1S/C11H19NO3S/c1-2-16-7-3-6-12-10(13)8-4-5-9(8)11(14)15/h8-9H,2-7H2,1H3,(H,12,13)(H,14,15). The zero-order valence-electron chi connectivity index (χ0n) is 9.57. The Balaban J connectivity index is 2.13. The third-order valence-corrected chi connectivity index (χ3v) is 3.88. The Morgan fingerprint density at radius 2 is 2.06 bits per heavy atom. The van der Waals surface area contributed by atoms with Gasteiger partial charge in [0.05, 0.1) is 11.8 Å². The van der Waals surface area contributed by atoms with Gasteiger partial charge in [-0.2, -0.15) is 11.8 Å². The molecule has 1 fully saturated rings. The SMILES string of the molecule is CCSCCCNC(=O)C1CCC1C(=O)O. The molecule has 0 bridgehead atoms. The zero-order valence-corrected chi connectivity index (χ0v) is 10.4. The average Bonchev–Trinajstić information content (AvgIpc) is 2.14. The van der Waals surface area contributed by atoms with Gasteiger partial charge in [0.15, 0.2) is 0 Å². The Hall–Kier alpha value is -0.710. The van der Waals surface area contributed by atoms with Crippen LogP contribution in [-0.4, -0.2) is 35.0 Å². The molecule has 1 aliphatic rings. The minimum atomic E-state index is -0.840. The first-order valence-corrected chi connectivity index (χ1v) is 6.90. The molecule has 0 spiro atoms. The van der Waals surface area contributed by atoms with E-state index >= 15 is 0 Å². The third-order valence-electron chi connectivity index (χ3n) is 2.90. The second kappa shape index (κ2) is 6.78. The molecule has 0 aromatic rings. The molecule has 1 aliphatic carbocycles. The second-order valence-electron chi connectivity index (χ2n) is 3.97. The predicted molar refractivity (Wildman–Crippen MR) is 64.5 cm³/mol. The van der Waals surface area contributed by atoms with Crippen molar-refractivity contribution in [2.24, 2.45) is 11.8 Å². The fourth-order valence-corrected chi connectivity index (χ4v) is 2.41. The van der Waals surface area contributed by atoms with Gasteiger partial charge in [0.2, 0.25) is 5.91 Å². The first kappa shape index (κ1) is 13.4. The number of carbonyl (C=O) groups is 2. The topological polar surface area (TPSA) is 66.4 Å². The summed E-state index contributed by atoms with van der Waals surface area (Å²) in [6.45, 7) is 2.77. The van der Waals surface area contributed by atoms with Crippen molar-refractivity contribution in [2.75, 3.05) is 18.1 Å². The van der Waals surface area contributed by atoms with Crippen molar-refractivity contribution in [1.82, 2.24) is 5.32 Å². The smallest absolute Gasteiger partial charge is 0.307 e. The molecule has 1 amide bonds. The quantitative estimate of drug-likeness (QED) is 0.665. The Morgan fingerprint density at radius 1 is 1.38 bits per heavy atom. The molecule has 0 heterocycles. The van der Waals surface area contributed by atoms with E-state index in [1.54, 1.807) is 0 Å². The van der Waals surface area contributed by atoms with Gasteiger partial charge in [0.25, 0.3) is 0 Å². The number of carboxylic acid groups (broad SMARTS) is 1. The monoisotopic (exact) mass is 245 g/mol. The zero-order chi connectivity index (χ0) is 12.0. The van der Waals surface area contributed by atoms with Crippen LogP contribution in [0.25, 0.3) is 0 Å². The fourth-order valence-electron chi connectivity index (χ4n) is 1.77. The summed E-state index contributed by atoms with van der Waals surface area (Å²) < 4.78 is 0. The van der Waals surface area contributed by atoms with E-state index in [0.29, 0.717) is 19.4 Å². The number of hydrogen-bond donors (Lipinski definition) is 2. The number of aliphatic carboxylic acids is 1. The molecular weight excluding hydrogens is 226 g/mol. The van der Waals surface area contributed by atoms with Crippen molar-refractivity contribution in [1.29, 1.82) is 0 Å². The van der Waals surface area contributed by atoms with Crippen LogP contribution in [0, 0.1) is 11.8 Å². The highest BCUT2D eigenvalue weighted by atomic mass is 32.2. The average molecular weight is 245 g/mol. The molecule has 2 unspecified atom stereocenters. The van der Waals surface area contributed by atoms with Crippen LogP contribution >= 0.6 is 11.8 Å². The van der Waals surface area contributed by atoms with Gasteiger partial charge in [0, 0.05) is 6.54 Å². The molecule has 0 aromatic carbocycles. The highest BCUT2D eigenvalue weighted by Crippen LogP contribution is 2.34. The van der Waals surface area contributed by atoms with E-state index < -0.39 is 11.9 Å². The van der Waals surface area contributed by atoms with Gasteiger partial charge >= 0.3 is 5.97 Å². The third kappa shape index (κ3) is 3.70. The molecule has 16 heavy (non-hydrogen) atoms. The molecule has 0 saturated heterocycles. The molecule has 5 heteroatoms. The molecule has 1 rings (SSSR count). The van der Waals surface area contributed by atoms with Crippen LogP contribution in [0.5, 0.6) is 0 Å².